The summed E-state index contributed by atoms with van der Waals surface area (Å²) in [6.45, 7) is 1.33. The molecule has 0 aliphatic carbocycles. The molecule has 14 heteroatoms. The van der Waals surface area contributed by atoms with E-state index in [9.17, 15) is 19.3 Å². The number of nitrogens with one attached hydrogen (secondary N) is 1. The Morgan fingerprint density at radius 2 is 1.90 bits per heavy atom. The van der Waals surface area contributed by atoms with Crippen LogP contribution in [0.5, 0.6) is 5.75 Å². The Labute approximate surface area is 245 Å². The van der Waals surface area contributed by atoms with E-state index in [-0.39, 0.29) is 31.3 Å². The van der Waals surface area contributed by atoms with Gasteiger partial charge in [0.2, 0.25) is 5.95 Å². The Hall–Kier alpha value is -3.74. The van der Waals surface area contributed by atoms with E-state index in [2.05, 4.69) is 15.1 Å². The number of hydrogen-bond donors (Lipinski definition) is 3. The van der Waals surface area contributed by atoms with Gasteiger partial charge in [0.05, 0.1) is 23.3 Å². The van der Waals surface area contributed by atoms with E-state index in [1.54, 1.807) is 12.1 Å². The topological polar surface area (TPSA) is 168 Å². The van der Waals surface area contributed by atoms with E-state index in [0.717, 1.165) is 10.9 Å². The number of carbonyl (C=O) groups is 1. The van der Waals surface area contributed by atoms with E-state index in [1.165, 1.54) is 29.6 Å². The number of thioether (sulfide) groups is 1. The molecule has 0 radical (unpaired) electrons. The first-order valence-corrected chi connectivity index (χ1v) is 15.6. The lowest BCUT2D eigenvalue weighted by Gasteiger charge is -2.25. The molecule has 3 aromatic carbocycles. The number of rotatable bonds is 11. The molecule has 1 aromatic heterocycles. The van der Waals surface area contributed by atoms with Gasteiger partial charge in [0.25, 0.3) is 0 Å². The van der Waals surface area contributed by atoms with Crippen LogP contribution in [-0.2, 0) is 25.2 Å². The van der Waals surface area contributed by atoms with Crippen molar-refractivity contribution in [3.8, 4) is 5.75 Å². The number of aliphatic hydroxyl groups is 1. The van der Waals surface area contributed by atoms with E-state index in [4.69, 9.17) is 19.5 Å². The summed E-state index contributed by atoms with van der Waals surface area (Å²) < 4.78 is 32.7. The zero-order valence-electron chi connectivity index (χ0n) is 22.6. The molecule has 0 bridgehead atoms. The Kier molecular flexibility index (Phi) is 9.24. The van der Waals surface area contributed by atoms with Crippen LogP contribution in [0.4, 0.5) is 5.95 Å². The van der Waals surface area contributed by atoms with Crippen LogP contribution < -0.4 is 21.0 Å². The van der Waals surface area contributed by atoms with Crippen LogP contribution in [0, 0.1) is 0 Å². The van der Waals surface area contributed by atoms with Gasteiger partial charge in [0.15, 0.2) is 0 Å². The van der Waals surface area contributed by atoms with Gasteiger partial charge in [-0.15, -0.1) is 11.8 Å². The standard InChI is InChI=1S/C28H30N5O7PS/c1-18(26(35)38-15-19-8-3-2-4-9-19)32-41(37,40-23-13-7-11-20-10-5-6-12-21(20)23)39-16-24-22(34)14-25(42-24)33-17-30-27(29)31-28(33)36/h2-13,17-18,22,24-25,34H,14-16H2,1H3,(H,32,37)(H2,29,31,36)/t18-,22?,24?,25?,41?/m0/s1. The van der Waals surface area contributed by atoms with Crippen LogP contribution in [-0.4, -0.2) is 49.6 Å². The maximum absolute atomic E-state index is 14.2. The van der Waals surface area contributed by atoms with Crippen LogP contribution >= 0.6 is 19.5 Å². The van der Waals surface area contributed by atoms with Gasteiger partial charge < -0.3 is 20.1 Å². The Bertz CT molecular complexity index is 1650. The summed E-state index contributed by atoms with van der Waals surface area (Å²) in [6, 6.07) is 20.8. The molecule has 4 unspecified atom stereocenters. The maximum Gasteiger partial charge on any atom is 0.459 e. The first-order chi connectivity index (χ1) is 20.2. The number of aromatic nitrogens is 3. The number of esters is 1. The minimum atomic E-state index is -4.22. The monoisotopic (exact) mass is 611 g/mol. The van der Waals surface area contributed by atoms with Crippen LogP contribution in [0.2, 0.25) is 0 Å². The average molecular weight is 612 g/mol. The molecule has 1 aliphatic heterocycles. The molecule has 1 aliphatic rings. The average Bonchev–Trinajstić information content (AvgIpc) is 3.35. The molecular formula is C28H30N5O7PS. The molecule has 5 atom stereocenters. The number of ether oxygens (including phenoxy) is 1. The third-order valence-electron chi connectivity index (χ3n) is 6.57. The Morgan fingerprint density at radius 3 is 2.69 bits per heavy atom. The minimum absolute atomic E-state index is 0.0432. The Balaban J connectivity index is 1.32. The molecule has 220 valence electrons. The van der Waals surface area contributed by atoms with Crippen molar-refractivity contribution in [1.29, 1.82) is 0 Å². The number of nitrogens with two attached hydrogens (primary N) is 1. The highest BCUT2D eigenvalue weighted by Gasteiger charge is 2.39. The first-order valence-electron chi connectivity index (χ1n) is 13.2. The zero-order valence-corrected chi connectivity index (χ0v) is 24.3. The predicted molar refractivity (Wildman–Crippen MR) is 159 cm³/mol. The van der Waals surface area contributed by atoms with Crippen molar-refractivity contribution < 1.29 is 28.3 Å². The summed E-state index contributed by atoms with van der Waals surface area (Å²) >= 11 is 1.24. The smallest absolute Gasteiger partial charge is 0.459 e. The fourth-order valence-corrected chi connectivity index (χ4v) is 7.46. The summed E-state index contributed by atoms with van der Waals surface area (Å²) in [5, 5.41) is 13.9. The molecule has 1 saturated heterocycles. The molecule has 5 rings (SSSR count). The maximum atomic E-state index is 14.2. The molecule has 4 N–H and O–H groups in total. The van der Waals surface area contributed by atoms with E-state index in [1.807, 2.05) is 60.7 Å². The van der Waals surface area contributed by atoms with Gasteiger partial charge in [0.1, 0.15) is 24.7 Å². The van der Waals surface area contributed by atoms with Gasteiger partial charge >= 0.3 is 19.4 Å². The number of aliphatic hydroxyl groups excluding tert-OH is 1. The zero-order chi connectivity index (χ0) is 29.7. The van der Waals surface area contributed by atoms with E-state index in [0.29, 0.717) is 5.39 Å². The van der Waals surface area contributed by atoms with Gasteiger partial charge in [-0.2, -0.15) is 10.1 Å². The fraction of sp³-hybridized carbons (Fsp3) is 0.286. The molecule has 1 fully saturated rings. The number of benzene rings is 3. The largest absolute Gasteiger partial charge is 0.460 e. The predicted octanol–water partition coefficient (Wildman–Crippen LogP) is 3.66. The lowest BCUT2D eigenvalue weighted by atomic mass is 10.1. The summed E-state index contributed by atoms with van der Waals surface area (Å²) in [7, 11) is -4.22. The van der Waals surface area contributed by atoms with Crippen LogP contribution in [0.15, 0.2) is 83.9 Å². The number of nitrogens with zero attached hydrogens (tertiary/aromatic N) is 3. The van der Waals surface area contributed by atoms with Gasteiger partial charge in [-0.25, -0.2) is 14.3 Å². The van der Waals surface area contributed by atoms with Crippen molar-refractivity contribution in [1.82, 2.24) is 19.6 Å². The molecule has 0 amide bonds. The van der Waals surface area contributed by atoms with Crippen molar-refractivity contribution in [2.75, 3.05) is 12.3 Å². The number of anilines is 1. The lowest BCUT2D eigenvalue weighted by Crippen LogP contribution is -2.36. The van der Waals surface area contributed by atoms with Crippen LogP contribution in [0.25, 0.3) is 10.8 Å². The van der Waals surface area contributed by atoms with Gasteiger partial charge in [-0.1, -0.05) is 66.7 Å². The number of nitrogen functional groups attached to an aromatic ring is 1. The molecule has 0 spiro atoms. The van der Waals surface area contributed by atoms with E-state index < -0.39 is 42.2 Å². The molecule has 2 heterocycles. The van der Waals surface area contributed by atoms with Crippen molar-refractivity contribution >= 4 is 42.2 Å². The molecule has 0 saturated carbocycles. The number of fused-ring (bicyclic) bond motifs is 1. The molecule has 12 nitrogen and oxygen atoms in total. The molecule has 4 aromatic rings. The first kappa shape index (κ1) is 29.7. The van der Waals surface area contributed by atoms with Gasteiger partial charge in [-0.3, -0.25) is 13.9 Å². The van der Waals surface area contributed by atoms with Crippen molar-refractivity contribution in [2.45, 2.75) is 42.7 Å². The van der Waals surface area contributed by atoms with Crippen molar-refractivity contribution in [3.05, 3.63) is 95.2 Å². The van der Waals surface area contributed by atoms with Gasteiger partial charge in [-0.05, 0) is 23.9 Å². The second-order valence-electron chi connectivity index (χ2n) is 9.64. The lowest BCUT2D eigenvalue weighted by molar-refractivity contribution is -0.146. The second-order valence-corrected chi connectivity index (χ2v) is 12.8. The third-order valence-corrected chi connectivity index (χ3v) is 9.73. The summed E-state index contributed by atoms with van der Waals surface area (Å²) in [5.41, 5.74) is 5.70. The van der Waals surface area contributed by atoms with Crippen molar-refractivity contribution in [2.24, 2.45) is 0 Å². The quantitative estimate of drug-likeness (QED) is 0.167. The highest BCUT2D eigenvalue weighted by Crippen LogP contribution is 2.49. The SMILES string of the molecule is C[C@H](NP(=O)(OCC1SC(n2cnc(N)nc2=O)CC1O)Oc1cccc2ccccc12)C(=O)OCc1ccccc1. The second kappa shape index (κ2) is 13.1. The minimum Gasteiger partial charge on any atom is -0.460 e. The fourth-order valence-electron chi connectivity index (χ4n) is 4.40. The third kappa shape index (κ3) is 7.18. The van der Waals surface area contributed by atoms with E-state index >= 15 is 0 Å². The highest BCUT2D eigenvalue weighted by atomic mass is 32.2. The highest BCUT2D eigenvalue weighted by molar-refractivity contribution is 8.00. The van der Waals surface area contributed by atoms with Crippen LogP contribution in [0.1, 0.15) is 24.3 Å². The van der Waals surface area contributed by atoms with Gasteiger partial charge in [0, 0.05) is 11.8 Å². The number of hydrogen-bond acceptors (Lipinski definition) is 11. The Morgan fingerprint density at radius 1 is 1.17 bits per heavy atom. The molecular weight excluding hydrogens is 581 g/mol. The van der Waals surface area contributed by atoms with Crippen LogP contribution in [0.3, 0.4) is 0 Å². The number of carbonyl (C=O) groups excluding carboxylic acids is 1. The molecule has 42 heavy (non-hydrogen) atoms. The summed E-state index contributed by atoms with van der Waals surface area (Å²) in [6.07, 6.45) is 0.580. The summed E-state index contributed by atoms with van der Waals surface area (Å²) in [5.74, 6) is -0.507. The summed E-state index contributed by atoms with van der Waals surface area (Å²) in [4.78, 5) is 32.6. The normalized spacial score (nSPS) is 20.6. The van der Waals surface area contributed by atoms with Crippen molar-refractivity contribution in [3.63, 3.8) is 0 Å².